The molecule has 0 saturated heterocycles. The van der Waals surface area contributed by atoms with Gasteiger partial charge >= 0.3 is 0 Å². The molecule has 0 radical (unpaired) electrons. The van der Waals surface area contributed by atoms with Crippen LogP contribution in [0, 0.1) is 0 Å². The summed E-state index contributed by atoms with van der Waals surface area (Å²) in [6.45, 7) is 2.15. The fraction of sp³-hybridized carbons (Fsp3) is 0.538. The van der Waals surface area contributed by atoms with Crippen LogP contribution in [-0.2, 0) is 16.6 Å². The van der Waals surface area contributed by atoms with E-state index in [9.17, 15) is 4.21 Å². The van der Waals surface area contributed by atoms with Crippen molar-refractivity contribution >= 4 is 22.4 Å². The van der Waals surface area contributed by atoms with Gasteiger partial charge in [0.2, 0.25) is 0 Å². The number of hydrogen-bond donors (Lipinski definition) is 1. The maximum atomic E-state index is 12.0. The molecule has 0 aliphatic carbocycles. The number of benzene rings is 1. The summed E-state index contributed by atoms with van der Waals surface area (Å²) in [6.07, 6.45) is 2.19. The van der Waals surface area contributed by atoms with Crippen LogP contribution >= 0.6 is 11.6 Å². The second kappa shape index (κ2) is 7.85. The van der Waals surface area contributed by atoms with E-state index in [-0.39, 0.29) is 0 Å². The predicted octanol–water partition coefficient (Wildman–Crippen LogP) is 2.98. The molecule has 0 aliphatic heterocycles. The molecule has 1 N–H and O–H groups in total. The summed E-state index contributed by atoms with van der Waals surface area (Å²) < 4.78 is 12.0. The van der Waals surface area contributed by atoms with Gasteiger partial charge in [0.25, 0.3) is 0 Å². The molecule has 2 nitrogen and oxygen atoms in total. The zero-order chi connectivity index (χ0) is 12.7. The SMILES string of the molecule is CCCC(CS(=O)Cc1ccc(Cl)cc1)NC. The van der Waals surface area contributed by atoms with Gasteiger partial charge in [-0.25, -0.2) is 0 Å². The summed E-state index contributed by atoms with van der Waals surface area (Å²) in [7, 11) is 1.12. The van der Waals surface area contributed by atoms with E-state index in [4.69, 9.17) is 11.6 Å². The molecule has 0 aliphatic rings. The van der Waals surface area contributed by atoms with Gasteiger partial charge < -0.3 is 5.32 Å². The average Bonchev–Trinajstić information content (AvgIpc) is 2.31. The molecule has 0 aromatic heterocycles. The number of nitrogens with one attached hydrogen (secondary N) is 1. The van der Waals surface area contributed by atoms with E-state index in [0.29, 0.717) is 17.5 Å². The first-order valence-corrected chi connectivity index (χ1v) is 7.79. The van der Waals surface area contributed by atoms with Crippen molar-refractivity contribution in [3.05, 3.63) is 34.9 Å². The highest BCUT2D eigenvalue weighted by Gasteiger charge is 2.10. The van der Waals surface area contributed by atoms with Crippen LogP contribution in [0.2, 0.25) is 5.02 Å². The third-order valence-electron chi connectivity index (χ3n) is 2.67. The van der Waals surface area contributed by atoms with Crippen LogP contribution in [0.15, 0.2) is 24.3 Å². The Labute approximate surface area is 111 Å². The van der Waals surface area contributed by atoms with E-state index in [2.05, 4.69) is 12.2 Å². The van der Waals surface area contributed by atoms with Crippen molar-refractivity contribution in [1.29, 1.82) is 0 Å². The van der Waals surface area contributed by atoms with Crippen molar-refractivity contribution in [2.45, 2.75) is 31.6 Å². The van der Waals surface area contributed by atoms with Gasteiger partial charge in [-0.1, -0.05) is 37.1 Å². The van der Waals surface area contributed by atoms with Gasteiger partial charge in [-0.05, 0) is 31.2 Å². The topological polar surface area (TPSA) is 29.1 Å². The van der Waals surface area contributed by atoms with Crippen molar-refractivity contribution in [3.8, 4) is 0 Å². The van der Waals surface area contributed by atoms with Gasteiger partial charge in [0.15, 0.2) is 0 Å². The lowest BCUT2D eigenvalue weighted by Crippen LogP contribution is -2.31. The summed E-state index contributed by atoms with van der Waals surface area (Å²) in [4.78, 5) is 0. The first-order chi connectivity index (χ1) is 8.15. The lowest BCUT2D eigenvalue weighted by molar-refractivity contribution is 0.557. The molecule has 96 valence electrons. The number of rotatable bonds is 7. The van der Waals surface area contributed by atoms with Gasteiger partial charge in [-0.15, -0.1) is 0 Å². The van der Waals surface area contributed by atoms with Crippen molar-refractivity contribution < 1.29 is 4.21 Å². The molecule has 2 unspecified atom stereocenters. The van der Waals surface area contributed by atoms with Crippen LogP contribution in [0.4, 0.5) is 0 Å². The van der Waals surface area contributed by atoms with E-state index in [1.165, 1.54) is 0 Å². The van der Waals surface area contributed by atoms with Crippen LogP contribution in [-0.4, -0.2) is 23.1 Å². The monoisotopic (exact) mass is 273 g/mol. The van der Waals surface area contributed by atoms with E-state index >= 15 is 0 Å². The predicted molar refractivity (Wildman–Crippen MR) is 75.9 cm³/mol. The van der Waals surface area contributed by atoms with Crippen LogP contribution in [0.5, 0.6) is 0 Å². The van der Waals surface area contributed by atoms with Crippen LogP contribution in [0.1, 0.15) is 25.3 Å². The summed E-state index contributed by atoms with van der Waals surface area (Å²) in [5.74, 6) is 1.33. The second-order valence-corrected chi connectivity index (χ2v) is 6.09. The molecule has 1 aromatic carbocycles. The summed E-state index contributed by atoms with van der Waals surface area (Å²) in [5, 5.41) is 3.94. The fourth-order valence-electron chi connectivity index (χ4n) is 1.71. The molecular formula is C13H20ClNOS. The second-order valence-electron chi connectivity index (χ2n) is 4.15. The molecule has 0 spiro atoms. The maximum Gasteiger partial charge on any atom is 0.0486 e. The van der Waals surface area contributed by atoms with E-state index < -0.39 is 10.8 Å². The normalized spacial score (nSPS) is 14.5. The Morgan fingerprint density at radius 2 is 2.00 bits per heavy atom. The molecular weight excluding hydrogens is 254 g/mol. The van der Waals surface area contributed by atoms with Gasteiger partial charge in [0, 0.05) is 33.4 Å². The van der Waals surface area contributed by atoms with E-state index in [1.54, 1.807) is 0 Å². The first kappa shape index (κ1) is 14.7. The summed E-state index contributed by atoms with van der Waals surface area (Å²) >= 11 is 5.81. The Morgan fingerprint density at radius 3 is 2.53 bits per heavy atom. The lowest BCUT2D eigenvalue weighted by Gasteiger charge is -2.14. The maximum absolute atomic E-state index is 12.0. The molecule has 0 fully saturated rings. The van der Waals surface area contributed by atoms with Gasteiger partial charge in [0.05, 0.1) is 0 Å². The highest BCUT2D eigenvalue weighted by atomic mass is 35.5. The molecule has 2 atom stereocenters. The Morgan fingerprint density at radius 1 is 1.35 bits per heavy atom. The fourth-order valence-corrected chi connectivity index (χ4v) is 3.30. The van der Waals surface area contributed by atoms with E-state index in [1.807, 2.05) is 31.3 Å². The smallest absolute Gasteiger partial charge is 0.0486 e. The Bertz CT molecular complexity index is 353. The largest absolute Gasteiger partial charge is 0.316 e. The zero-order valence-corrected chi connectivity index (χ0v) is 12.0. The zero-order valence-electron chi connectivity index (χ0n) is 10.4. The standard InChI is InChI=1S/C13H20ClNOS/c1-3-4-13(15-2)10-17(16)9-11-5-7-12(14)8-6-11/h5-8,13,15H,3-4,9-10H2,1-2H3. The first-order valence-electron chi connectivity index (χ1n) is 5.92. The molecule has 17 heavy (non-hydrogen) atoms. The number of hydrogen-bond acceptors (Lipinski definition) is 2. The van der Waals surface area contributed by atoms with Crippen molar-refractivity contribution in [2.75, 3.05) is 12.8 Å². The molecule has 1 rings (SSSR count). The molecule has 0 heterocycles. The Hall–Kier alpha value is -0.380. The third-order valence-corrected chi connectivity index (χ3v) is 4.35. The third kappa shape index (κ3) is 5.66. The van der Waals surface area contributed by atoms with Crippen molar-refractivity contribution in [2.24, 2.45) is 0 Å². The lowest BCUT2D eigenvalue weighted by atomic mass is 10.2. The molecule has 0 amide bonds. The molecule has 0 bridgehead atoms. The molecule has 4 heteroatoms. The van der Waals surface area contributed by atoms with Gasteiger partial charge in [-0.2, -0.15) is 0 Å². The van der Waals surface area contributed by atoms with Crippen LogP contribution in [0.3, 0.4) is 0 Å². The van der Waals surface area contributed by atoms with Gasteiger partial charge in [0.1, 0.15) is 0 Å². The summed E-state index contributed by atoms with van der Waals surface area (Å²) in [5.41, 5.74) is 1.08. The van der Waals surface area contributed by atoms with Crippen molar-refractivity contribution in [1.82, 2.24) is 5.32 Å². The Balaban J connectivity index is 2.46. The minimum Gasteiger partial charge on any atom is -0.316 e. The van der Waals surface area contributed by atoms with Gasteiger partial charge in [-0.3, -0.25) is 4.21 Å². The number of halogens is 1. The molecule has 1 aromatic rings. The van der Waals surface area contributed by atoms with Crippen LogP contribution in [0.25, 0.3) is 0 Å². The summed E-state index contributed by atoms with van der Waals surface area (Å²) in [6, 6.07) is 7.92. The Kier molecular flexibility index (Phi) is 6.78. The van der Waals surface area contributed by atoms with Crippen LogP contribution < -0.4 is 5.32 Å². The quantitative estimate of drug-likeness (QED) is 0.828. The minimum atomic E-state index is -0.815. The van der Waals surface area contributed by atoms with E-state index in [0.717, 1.165) is 23.4 Å². The highest BCUT2D eigenvalue weighted by molar-refractivity contribution is 7.84. The average molecular weight is 274 g/mol. The van der Waals surface area contributed by atoms with Crippen molar-refractivity contribution in [3.63, 3.8) is 0 Å². The highest BCUT2D eigenvalue weighted by Crippen LogP contribution is 2.11. The minimum absolute atomic E-state index is 0.355. The molecule has 0 saturated carbocycles.